The SMILES string of the molecule is O=C(NC1CC1)[C@H](Oc1ccc(Cl)cc1Cl)c1ccccc1. The summed E-state index contributed by atoms with van der Waals surface area (Å²) < 4.78 is 5.87. The van der Waals surface area contributed by atoms with E-state index in [4.69, 9.17) is 27.9 Å². The quantitative estimate of drug-likeness (QED) is 0.879. The van der Waals surface area contributed by atoms with Crippen molar-refractivity contribution in [2.24, 2.45) is 0 Å². The molecule has 0 aliphatic heterocycles. The smallest absolute Gasteiger partial charge is 0.266 e. The number of hydrogen-bond donors (Lipinski definition) is 1. The number of ether oxygens (including phenoxy) is 1. The van der Waals surface area contributed by atoms with Crippen LogP contribution >= 0.6 is 23.2 Å². The van der Waals surface area contributed by atoms with Crippen molar-refractivity contribution in [1.29, 1.82) is 0 Å². The first-order valence-corrected chi connectivity index (χ1v) is 7.86. The summed E-state index contributed by atoms with van der Waals surface area (Å²) in [5.41, 5.74) is 0.784. The topological polar surface area (TPSA) is 38.3 Å². The molecular formula is C17H15Cl2NO2. The highest BCUT2D eigenvalue weighted by atomic mass is 35.5. The molecule has 0 heterocycles. The maximum atomic E-state index is 12.5. The molecule has 1 amide bonds. The van der Waals surface area contributed by atoms with Gasteiger partial charge >= 0.3 is 0 Å². The number of nitrogens with one attached hydrogen (secondary N) is 1. The fraction of sp³-hybridized carbons (Fsp3) is 0.235. The van der Waals surface area contributed by atoms with Gasteiger partial charge in [-0.2, -0.15) is 0 Å². The highest BCUT2D eigenvalue weighted by Crippen LogP contribution is 2.32. The molecule has 2 aromatic carbocycles. The fourth-order valence-corrected chi connectivity index (χ4v) is 2.56. The number of halogens is 2. The Morgan fingerprint density at radius 1 is 1.14 bits per heavy atom. The van der Waals surface area contributed by atoms with Crippen LogP contribution in [0.3, 0.4) is 0 Å². The Hall–Kier alpha value is -1.71. The maximum absolute atomic E-state index is 12.5. The summed E-state index contributed by atoms with van der Waals surface area (Å²) in [5.74, 6) is 0.283. The molecule has 5 heteroatoms. The van der Waals surface area contributed by atoms with Crippen molar-refractivity contribution in [2.45, 2.75) is 25.0 Å². The van der Waals surface area contributed by atoms with E-state index in [-0.39, 0.29) is 11.9 Å². The predicted molar refractivity (Wildman–Crippen MR) is 87.4 cm³/mol. The number of benzene rings is 2. The molecule has 0 saturated heterocycles. The van der Waals surface area contributed by atoms with Gasteiger partial charge in [0.15, 0.2) is 0 Å². The number of amides is 1. The molecule has 0 aromatic heterocycles. The molecule has 0 bridgehead atoms. The number of carbonyl (C=O) groups excluding carboxylic acids is 1. The van der Waals surface area contributed by atoms with Crippen molar-refractivity contribution in [3.05, 3.63) is 64.1 Å². The Morgan fingerprint density at radius 2 is 1.86 bits per heavy atom. The van der Waals surface area contributed by atoms with Crippen LogP contribution in [0.15, 0.2) is 48.5 Å². The van der Waals surface area contributed by atoms with Crippen molar-refractivity contribution < 1.29 is 9.53 Å². The molecule has 1 aliphatic rings. The first-order valence-electron chi connectivity index (χ1n) is 7.10. The van der Waals surface area contributed by atoms with Crippen LogP contribution in [0.25, 0.3) is 0 Å². The van der Waals surface area contributed by atoms with Gasteiger partial charge in [-0.25, -0.2) is 0 Å². The van der Waals surface area contributed by atoms with E-state index in [0.29, 0.717) is 15.8 Å². The summed E-state index contributed by atoms with van der Waals surface area (Å²) in [4.78, 5) is 12.5. The number of hydrogen-bond acceptors (Lipinski definition) is 2. The second-order valence-corrected chi connectivity index (χ2v) is 6.11. The lowest BCUT2D eigenvalue weighted by Gasteiger charge is -2.20. The van der Waals surface area contributed by atoms with Crippen molar-refractivity contribution >= 4 is 29.1 Å². The molecule has 1 N–H and O–H groups in total. The summed E-state index contributed by atoms with van der Waals surface area (Å²) >= 11 is 12.0. The molecule has 0 spiro atoms. The lowest BCUT2D eigenvalue weighted by molar-refractivity contribution is -0.128. The molecule has 3 rings (SSSR count). The van der Waals surface area contributed by atoms with Gasteiger partial charge in [0.05, 0.1) is 5.02 Å². The normalized spacial score (nSPS) is 15.2. The van der Waals surface area contributed by atoms with Gasteiger partial charge in [-0.1, -0.05) is 53.5 Å². The van der Waals surface area contributed by atoms with Gasteiger partial charge in [0.1, 0.15) is 5.75 Å². The van der Waals surface area contributed by atoms with E-state index < -0.39 is 6.10 Å². The highest BCUT2D eigenvalue weighted by molar-refractivity contribution is 6.35. The Balaban J connectivity index is 1.85. The van der Waals surface area contributed by atoms with E-state index in [1.807, 2.05) is 30.3 Å². The molecule has 2 aromatic rings. The van der Waals surface area contributed by atoms with E-state index in [1.165, 1.54) is 0 Å². The summed E-state index contributed by atoms with van der Waals surface area (Å²) in [5, 5.41) is 3.88. The first kappa shape index (κ1) is 15.2. The molecule has 3 nitrogen and oxygen atoms in total. The van der Waals surface area contributed by atoms with Crippen LogP contribution in [-0.4, -0.2) is 11.9 Å². The van der Waals surface area contributed by atoms with Crippen LogP contribution < -0.4 is 10.1 Å². The third kappa shape index (κ3) is 3.73. The van der Waals surface area contributed by atoms with Gasteiger partial charge in [0, 0.05) is 16.6 Å². The number of rotatable bonds is 5. The molecule has 1 aliphatic carbocycles. The molecular weight excluding hydrogens is 321 g/mol. The maximum Gasteiger partial charge on any atom is 0.266 e. The molecule has 1 saturated carbocycles. The lowest BCUT2D eigenvalue weighted by Crippen LogP contribution is -2.33. The fourth-order valence-electron chi connectivity index (χ4n) is 2.10. The average molecular weight is 336 g/mol. The molecule has 0 unspecified atom stereocenters. The third-order valence-electron chi connectivity index (χ3n) is 3.40. The molecule has 1 atom stereocenters. The number of carbonyl (C=O) groups is 1. The van der Waals surface area contributed by atoms with Crippen LogP contribution in [-0.2, 0) is 4.79 Å². The second-order valence-electron chi connectivity index (χ2n) is 5.27. The van der Waals surface area contributed by atoms with Gasteiger partial charge in [-0.15, -0.1) is 0 Å². The third-order valence-corrected chi connectivity index (χ3v) is 3.93. The Bertz CT molecular complexity index is 672. The van der Waals surface area contributed by atoms with Crippen LogP contribution in [0.1, 0.15) is 24.5 Å². The van der Waals surface area contributed by atoms with Gasteiger partial charge < -0.3 is 10.1 Å². The predicted octanol–water partition coefficient (Wildman–Crippen LogP) is 4.39. The summed E-state index contributed by atoms with van der Waals surface area (Å²) in [7, 11) is 0. The Morgan fingerprint density at radius 3 is 2.50 bits per heavy atom. The van der Waals surface area contributed by atoms with Crippen LogP contribution in [0.2, 0.25) is 10.0 Å². The lowest BCUT2D eigenvalue weighted by atomic mass is 10.1. The minimum atomic E-state index is -0.736. The highest BCUT2D eigenvalue weighted by Gasteiger charge is 2.30. The van der Waals surface area contributed by atoms with Crippen LogP contribution in [0.5, 0.6) is 5.75 Å². The van der Waals surface area contributed by atoms with Crippen molar-refractivity contribution in [3.63, 3.8) is 0 Å². The average Bonchev–Trinajstić information content (AvgIpc) is 3.31. The minimum absolute atomic E-state index is 0.153. The second kappa shape index (κ2) is 6.59. The minimum Gasteiger partial charge on any atom is -0.474 e. The van der Waals surface area contributed by atoms with Crippen molar-refractivity contribution in [3.8, 4) is 5.75 Å². The summed E-state index contributed by atoms with van der Waals surface area (Å²) in [6.45, 7) is 0. The van der Waals surface area contributed by atoms with E-state index >= 15 is 0 Å². The van der Waals surface area contributed by atoms with Gasteiger partial charge in [0.2, 0.25) is 6.10 Å². The van der Waals surface area contributed by atoms with E-state index in [0.717, 1.165) is 18.4 Å². The first-order chi connectivity index (χ1) is 10.6. The standard InChI is InChI=1S/C17H15Cl2NO2/c18-12-6-9-15(14(19)10-12)22-16(11-4-2-1-3-5-11)17(21)20-13-7-8-13/h1-6,9-10,13,16H,7-8H2,(H,20,21)/t16-/m1/s1. The Labute approximate surface area is 139 Å². The van der Waals surface area contributed by atoms with Crippen molar-refractivity contribution in [1.82, 2.24) is 5.32 Å². The molecule has 0 radical (unpaired) electrons. The monoisotopic (exact) mass is 335 g/mol. The zero-order valence-corrected chi connectivity index (χ0v) is 13.3. The molecule has 114 valence electrons. The molecule has 22 heavy (non-hydrogen) atoms. The summed E-state index contributed by atoms with van der Waals surface area (Å²) in [6, 6.07) is 14.6. The van der Waals surface area contributed by atoms with Crippen molar-refractivity contribution in [2.75, 3.05) is 0 Å². The van der Waals surface area contributed by atoms with E-state index in [1.54, 1.807) is 18.2 Å². The Kier molecular flexibility index (Phi) is 4.55. The zero-order valence-electron chi connectivity index (χ0n) is 11.8. The van der Waals surface area contributed by atoms with E-state index in [2.05, 4.69) is 5.32 Å². The molecule has 1 fully saturated rings. The van der Waals surface area contributed by atoms with Gasteiger partial charge in [0.25, 0.3) is 5.91 Å². The van der Waals surface area contributed by atoms with E-state index in [9.17, 15) is 4.79 Å². The largest absolute Gasteiger partial charge is 0.474 e. The van der Waals surface area contributed by atoms with Crippen LogP contribution in [0.4, 0.5) is 0 Å². The van der Waals surface area contributed by atoms with Gasteiger partial charge in [-0.05, 0) is 31.0 Å². The van der Waals surface area contributed by atoms with Gasteiger partial charge in [-0.3, -0.25) is 4.79 Å². The van der Waals surface area contributed by atoms with Crippen LogP contribution in [0, 0.1) is 0 Å². The zero-order chi connectivity index (χ0) is 15.5. The summed E-state index contributed by atoms with van der Waals surface area (Å²) in [6.07, 6.45) is 1.31.